The van der Waals surface area contributed by atoms with Crippen molar-refractivity contribution < 1.29 is 9.90 Å². The Morgan fingerprint density at radius 2 is 1.59 bits per heavy atom. The summed E-state index contributed by atoms with van der Waals surface area (Å²) < 4.78 is 0.832. The van der Waals surface area contributed by atoms with Crippen LogP contribution >= 0.6 is 15.9 Å². The lowest BCUT2D eigenvalue weighted by molar-refractivity contribution is -0.121. The van der Waals surface area contributed by atoms with Crippen molar-refractivity contribution in [2.24, 2.45) is 5.10 Å². The standard InChI is InChI=1S/C27H29BrN4O2/c28-24-11-12-25(33)23(19-24)20-29-30-26(34)13-14-31-15-17-32(18-16-31)27(21-7-3-1-4-8-21)22-9-5-2-6-10-22/h1-12,19-20,27,33H,13-18H2,(H,30,34)/b29-20+. The first-order valence-corrected chi connectivity index (χ1v) is 12.3. The van der Waals surface area contributed by atoms with Crippen LogP contribution in [-0.2, 0) is 4.79 Å². The van der Waals surface area contributed by atoms with Gasteiger partial charge in [0.2, 0.25) is 5.91 Å². The Labute approximate surface area is 209 Å². The smallest absolute Gasteiger partial charge is 0.241 e. The van der Waals surface area contributed by atoms with Crippen molar-refractivity contribution in [3.8, 4) is 5.75 Å². The van der Waals surface area contributed by atoms with E-state index >= 15 is 0 Å². The van der Waals surface area contributed by atoms with Crippen LogP contribution in [0, 0.1) is 0 Å². The molecule has 6 nitrogen and oxygen atoms in total. The van der Waals surface area contributed by atoms with Crippen LogP contribution in [0.25, 0.3) is 0 Å². The van der Waals surface area contributed by atoms with Gasteiger partial charge in [0, 0.05) is 49.2 Å². The summed E-state index contributed by atoms with van der Waals surface area (Å²) >= 11 is 3.36. The van der Waals surface area contributed by atoms with Gasteiger partial charge in [0.1, 0.15) is 5.75 Å². The number of phenols is 1. The molecule has 1 heterocycles. The SMILES string of the molecule is O=C(CCN1CCN(C(c2ccccc2)c2ccccc2)CC1)N/N=C/c1cc(Br)ccc1O. The number of benzene rings is 3. The summed E-state index contributed by atoms with van der Waals surface area (Å²) in [5.41, 5.74) is 5.70. The van der Waals surface area contributed by atoms with E-state index in [1.165, 1.54) is 17.3 Å². The minimum atomic E-state index is -0.139. The van der Waals surface area contributed by atoms with Gasteiger partial charge in [-0.1, -0.05) is 76.6 Å². The number of aromatic hydroxyl groups is 1. The quantitative estimate of drug-likeness (QED) is 0.341. The first-order chi connectivity index (χ1) is 16.6. The Bertz CT molecular complexity index is 1060. The molecule has 0 aliphatic carbocycles. The van der Waals surface area contributed by atoms with Crippen LogP contribution in [-0.4, -0.2) is 59.8 Å². The third kappa shape index (κ3) is 6.53. The van der Waals surface area contributed by atoms with Crippen LogP contribution in [0.15, 0.2) is 88.4 Å². The van der Waals surface area contributed by atoms with Crippen molar-refractivity contribution in [3.63, 3.8) is 0 Å². The normalized spacial score (nSPS) is 15.1. The number of nitrogens with zero attached hydrogens (tertiary/aromatic N) is 3. The molecule has 0 aromatic heterocycles. The average molecular weight is 521 g/mol. The molecule has 34 heavy (non-hydrogen) atoms. The lowest BCUT2D eigenvalue weighted by atomic mass is 9.96. The molecular formula is C27H29BrN4O2. The van der Waals surface area contributed by atoms with Crippen molar-refractivity contribution in [2.45, 2.75) is 12.5 Å². The van der Waals surface area contributed by atoms with Crippen LogP contribution in [0.1, 0.15) is 29.2 Å². The van der Waals surface area contributed by atoms with Gasteiger partial charge in [0.15, 0.2) is 0 Å². The number of carbonyl (C=O) groups excluding carboxylic acids is 1. The van der Waals surface area contributed by atoms with Crippen molar-refractivity contribution >= 4 is 28.1 Å². The zero-order chi connectivity index (χ0) is 23.8. The molecule has 0 unspecified atom stereocenters. The lowest BCUT2D eigenvalue weighted by Gasteiger charge is -2.39. The van der Waals surface area contributed by atoms with E-state index in [2.05, 4.69) is 96.9 Å². The minimum absolute atomic E-state index is 0.114. The third-order valence-electron chi connectivity index (χ3n) is 6.04. The maximum absolute atomic E-state index is 12.2. The molecule has 1 aliphatic rings. The third-order valence-corrected chi connectivity index (χ3v) is 6.53. The molecule has 3 aromatic rings. The van der Waals surface area contributed by atoms with Crippen LogP contribution in [0.5, 0.6) is 5.75 Å². The molecule has 3 aromatic carbocycles. The predicted molar refractivity (Wildman–Crippen MR) is 139 cm³/mol. The van der Waals surface area contributed by atoms with Crippen LogP contribution in [0.4, 0.5) is 0 Å². The van der Waals surface area contributed by atoms with E-state index in [-0.39, 0.29) is 17.7 Å². The van der Waals surface area contributed by atoms with Gasteiger partial charge in [-0.2, -0.15) is 5.10 Å². The molecule has 0 spiro atoms. The van der Waals surface area contributed by atoms with Gasteiger partial charge < -0.3 is 10.0 Å². The topological polar surface area (TPSA) is 68.2 Å². The van der Waals surface area contributed by atoms with Gasteiger partial charge in [-0.25, -0.2) is 5.43 Å². The Morgan fingerprint density at radius 1 is 0.971 bits per heavy atom. The highest BCUT2D eigenvalue weighted by Crippen LogP contribution is 2.29. The molecule has 4 rings (SSSR count). The lowest BCUT2D eigenvalue weighted by Crippen LogP contribution is -2.48. The first kappa shape index (κ1) is 24.1. The number of rotatable bonds is 8. The molecule has 0 atom stereocenters. The van der Waals surface area contributed by atoms with Gasteiger partial charge in [-0.3, -0.25) is 9.69 Å². The van der Waals surface area contributed by atoms with E-state index in [1.807, 2.05) is 0 Å². The van der Waals surface area contributed by atoms with Gasteiger partial charge in [0.05, 0.1) is 12.3 Å². The number of phenolic OH excluding ortho intramolecular Hbond substituents is 1. The maximum atomic E-state index is 12.2. The van der Waals surface area contributed by atoms with Crippen LogP contribution < -0.4 is 5.43 Å². The number of hydrazone groups is 1. The summed E-state index contributed by atoms with van der Waals surface area (Å²) in [4.78, 5) is 17.1. The fraction of sp³-hybridized carbons (Fsp3) is 0.259. The highest BCUT2D eigenvalue weighted by Gasteiger charge is 2.26. The average Bonchev–Trinajstić information content (AvgIpc) is 2.87. The number of carbonyl (C=O) groups is 1. The number of hydrogen-bond donors (Lipinski definition) is 2. The fourth-order valence-electron chi connectivity index (χ4n) is 4.25. The molecule has 0 saturated carbocycles. The Balaban J connectivity index is 1.27. The summed E-state index contributed by atoms with van der Waals surface area (Å²) in [5, 5.41) is 13.8. The van der Waals surface area contributed by atoms with Crippen molar-refractivity contribution in [2.75, 3.05) is 32.7 Å². The summed E-state index contributed by atoms with van der Waals surface area (Å²) in [6.45, 7) is 4.41. The van der Waals surface area contributed by atoms with Crippen molar-refractivity contribution in [1.82, 2.24) is 15.2 Å². The number of piperazine rings is 1. The number of halogens is 1. The Hall–Kier alpha value is -3.00. The number of hydrogen-bond acceptors (Lipinski definition) is 5. The first-order valence-electron chi connectivity index (χ1n) is 11.5. The van der Waals surface area contributed by atoms with Gasteiger partial charge in [-0.05, 0) is 29.3 Å². The van der Waals surface area contributed by atoms with Crippen LogP contribution in [0.3, 0.4) is 0 Å². The zero-order valence-electron chi connectivity index (χ0n) is 19.0. The molecule has 1 aliphatic heterocycles. The summed E-state index contributed by atoms with van der Waals surface area (Å²) in [6.07, 6.45) is 1.83. The number of nitrogens with one attached hydrogen (secondary N) is 1. The highest BCUT2D eigenvalue weighted by molar-refractivity contribution is 9.10. The summed E-state index contributed by atoms with van der Waals surface area (Å²) in [6, 6.07) is 26.6. The van der Waals surface area contributed by atoms with E-state index in [4.69, 9.17) is 0 Å². The second-order valence-electron chi connectivity index (χ2n) is 8.35. The molecule has 176 valence electrons. The molecule has 2 N–H and O–H groups in total. The molecule has 0 radical (unpaired) electrons. The Morgan fingerprint density at radius 3 is 2.21 bits per heavy atom. The fourth-order valence-corrected chi connectivity index (χ4v) is 4.63. The largest absolute Gasteiger partial charge is 0.507 e. The number of amides is 1. The Kier molecular flexibility index (Phi) is 8.46. The molecule has 1 fully saturated rings. The molecule has 1 amide bonds. The van der Waals surface area contributed by atoms with E-state index < -0.39 is 0 Å². The predicted octanol–water partition coefficient (Wildman–Crippen LogP) is 4.40. The summed E-state index contributed by atoms with van der Waals surface area (Å²) in [7, 11) is 0. The van der Waals surface area contributed by atoms with Crippen LogP contribution in [0.2, 0.25) is 0 Å². The van der Waals surface area contributed by atoms with Gasteiger partial charge >= 0.3 is 0 Å². The second-order valence-corrected chi connectivity index (χ2v) is 9.26. The van der Waals surface area contributed by atoms with Crippen molar-refractivity contribution in [3.05, 3.63) is 100 Å². The highest BCUT2D eigenvalue weighted by atomic mass is 79.9. The summed E-state index contributed by atoms with van der Waals surface area (Å²) in [5.74, 6) is -0.0250. The van der Waals surface area contributed by atoms with E-state index in [9.17, 15) is 9.90 Å². The van der Waals surface area contributed by atoms with Crippen molar-refractivity contribution in [1.29, 1.82) is 0 Å². The van der Waals surface area contributed by atoms with Gasteiger partial charge in [0.25, 0.3) is 0 Å². The second kappa shape index (κ2) is 11.9. The molecule has 7 heteroatoms. The van der Waals surface area contributed by atoms with Gasteiger partial charge in [-0.15, -0.1) is 0 Å². The molecule has 0 bridgehead atoms. The maximum Gasteiger partial charge on any atom is 0.241 e. The zero-order valence-corrected chi connectivity index (χ0v) is 20.6. The monoisotopic (exact) mass is 520 g/mol. The van der Waals surface area contributed by atoms with E-state index in [0.29, 0.717) is 18.5 Å². The van der Waals surface area contributed by atoms with E-state index in [1.54, 1.807) is 18.2 Å². The minimum Gasteiger partial charge on any atom is -0.507 e. The van der Waals surface area contributed by atoms with E-state index in [0.717, 1.165) is 30.7 Å². The molecule has 1 saturated heterocycles. The molecular weight excluding hydrogens is 492 g/mol.